The van der Waals surface area contributed by atoms with Crippen molar-refractivity contribution in [3.63, 3.8) is 0 Å². The number of aromatic amines is 1. The summed E-state index contributed by atoms with van der Waals surface area (Å²) in [7, 11) is -11.3. The fourth-order valence-electron chi connectivity index (χ4n) is 9.03. The van der Waals surface area contributed by atoms with Gasteiger partial charge in [-0.1, -0.05) is 61.6 Å². The molecule has 2 aliphatic heterocycles. The number of amides is 3. The average Bonchev–Trinajstić information content (AvgIpc) is 0.856. The predicted octanol–water partition coefficient (Wildman–Crippen LogP) is 6.60. The number of aromatic carboxylic acids is 1. The minimum atomic E-state index is -5.80. The Kier molecular flexibility index (Phi) is 31.4. The number of H-pyrrole nitrogens is 1. The van der Waals surface area contributed by atoms with Crippen molar-refractivity contribution >= 4 is 109 Å². The number of anilines is 1. The molecular weight excluding hydrogens is 1400 g/mol. The maximum absolute atomic E-state index is 13.5. The molecule has 1 aromatic heterocycles. The fourth-order valence-corrected chi connectivity index (χ4v) is 15.1. The summed E-state index contributed by atoms with van der Waals surface area (Å²) in [5.74, 6) is 5.11. The van der Waals surface area contributed by atoms with Crippen molar-refractivity contribution in [2.45, 2.75) is 83.5 Å². The molecule has 6 rings (SSSR count). The summed E-state index contributed by atoms with van der Waals surface area (Å²) in [6, 6.07) is 12.1. The maximum Gasteiger partial charge on any atom is 0.490 e. The first-order valence-electron chi connectivity index (χ1n) is 29.5. The van der Waals surface area contributed by atoms with E-state index in [0.29, 0.717) is 71.8 Å². The number of carboxylic acids is 1. The average molecular weight is 1480 g/mol. The van der Waals surface area contributed by atoms with E-state index in [1.165, 1.54) is 44.5 Å². The van der Waals surface area contributed by atoms with E-state index in [-0.39, 0.29) is 93.1 Å². The smallest absolute Gasteiger partial charge is 0.478 e. The standard InChI is InChI=1S/C58H77N6O25P3S4/c1-8-59-45-30-47-44(27-38(45)4)51(43-26-36(2)37(3)28-46(43)86-47)42-29-39(13-14-41(42)54(67)68)52(65)60-17-22-79-24-25-80-23-18-62-57(71)83-21-15-58(5,6)96-95-34-81-19-9-10-20-82-56(70)61-16-11-12-40-32-64(55(69)63-53(40)66)50-31-48(84-35-94-93-7)49(87-50)33-85-91(75,76)89-92(77,78)88-90(72,73)74/h13-14,26-30,32,48-50,59H,3,8-10,15-25,31,33-35H2,1-2,4-7H3,(H,60,65)(H,61,70)(H,62,71)(H,67,68)(H,75,76)(H,77,78)(H,63,66,69)(H2,72,73,74)/t48-,49+,50?/m0/s1. The van der Waals surface area contributed by atoms with Crippen LogP contribution in [0, 0.1) is 25.7 Å². The monoisotopic (exact) mass is 1480 g/mol. The summed E-state index contributed by atoms with van der Waals surface area (Å²) in [6.07, 6.45) is -0.286. The number of phosphoric acid groups is 3. The quantitative estimate of drug-likeness (QED) is 0.00651. The summed E-state index contributed by atoms with van der Waals surface area (Å²) in [4.78, 5) is 115. The molecule has 1 saturated heterocycles. The van der Waals surface area contributed by atoms with E-state index in [2.05, 4.69) is 53.3 Å². The van der Waals surface area contributed by atoms with E-state index in [0.717, 1.165) is 32.8 Å². The van der Waals surface area contributed by atoms with Gasteiger partial charge in [-0.25, -0.2) is 32.9 Å². The number of hydrogen-bond acceptors (Lipinski definition) is 25. The molecule has 31 nitrogen and oxygen atoms in total. The highest BCUT2D eigenvalue weighted by Crippen LogP contribution is 2.66. The Hall–Kier alpha value is -5.67. The Bertz CT molecular complexity index is 3850. The highest BCUT2D eigenvalue weighted by Gasteiger charge is 2.44. The van der Waals surface area contributed by atoms with Gasteiger partial charge in [0, 0.05) is 77.3 Å². The van der Waals surface area contributed by atoms with E-state index < -0.39 is 83.8 Å². The number of aromatic nitrogens is 2. The molecule has 96 heavy (non-hydrogen) atoms. The molecule has 0 saturated carbocycles. The number of carboxylic acid groups (broad SMARTS) is 1. The summed E-state index contributed by atoms with van der Waals surface area (Å²) >= 11 is 0. The number of aryl methyl sites for hydroxylation is 2. The van der Waals surface area contributed by atoms with Crippen molar-refractivity contribution in [3.8, 4) is 23.3 Å². The van der Waals surface area contributed by atoms with E-state index in [1.807, 2.05) is 58.9 Å². The van der Waals surface area contributed by atoms with Gasteiger partial charge >= 0.3 is 47.3 Å². The van der Waals surface area contributed by atoms with Crippen molar-refractivity contribution in [1.29, 1.82) is 0 Å². The van der Waals surface area contributed by atoms with Crippen molar-refractivity contribution in [1.82, 2.24) is 25.5 Å². The Morgan fingerprint density at radius 2 is 1.52 bits per heavy atom. The number of fused-ring (bicyclic) bond motifs is 2. The first-order valence-corrected chi connectivity index (χ1v) is 39.0. The third-order valence-corrected chi connectivity index (χ3v) is 21.9. The molecule has 0 spiro atoms. The Balaban J connectivity index is 0.789. The molecule has 38 heteroatoms. The van der Waals surface area contributed by atoms with E-state index in [1.54, 1.807) is 23.1 Å². The van der Waals surface area contributed by atoms with Crippen LogP contribution in [0.4, 0.5) is 15.3 Å². The lowest BCUT2D eigenvalue weighted by Gasteiger charge is -2.24. The second-order valence-corrected chi connectivity index (χ2v) is 31.2. The zero-order valence-electron chi connectivity index (χ0n) is 53.1. The molecule has 10 N–H and O–H groups in total. The molecule has 0 aliphatic carbocycles. The van der Waals surface area contributed by atoms with Crippen LogP contribution < -0.4 is 47.7 Å². The summed E-state index contributed by atoms with van der Waals surface area (Å²) in [5, 5.41) is 23.1. The van der Waals surface area contributed by atoms with Gasteiger partial charge in [0.2, 0.25) is 0 Å². The molecule has 528 valence electrons. The van der Waals surface area contributed by atoms with Crippen molar-refractivity contribution in [2.24, 2.45) is 0 Å². The fraction of sp³-hybridized carbons (Fsp3) is 0.483. The van der Waals surface area contributed by atoms with Gasteiger partial charge in [-0.15, -0.1) is 0 Å². The molecule has 0 bridgehead atoms. The number of phosphoric ester groups is 1. The summed E-state index contributed by atoms with van der Waals surface area (Å²) < 4.78 is 93.4. The normalized spacial score (nSPS) is 16.4. The lowest BCUT2D eigenvalue weighted by atomic mass is 9.87. The number of hydrogen-bond donors (Lipinski definition) is 10. The minimum Gasteiger partial charge on any atom is -0.478 e. The van der Waals surface area contributed by atoms with Crippen LogP contribution in [0.2, 0.25) is 0 Å². The lowest BCUT2D eigenvalue weighted by molar-refractivity contribution is -0.0543. The Morgan fingerprint density at radius 3 is 2.23 bits per heavy atom. The van der Waals surface area contributed by atoms with Gasteiger partial charge in [0.1, 0.15) is 41.3 Å². The van der Waals surface area contributed by atoms with Gasteiger partial charge < -0.3 is 83.8 Å². The second kappa shape index (κ2) is 38.1. The SMILES string of the molecule is C=c1cc2c(cc1C)=C(c1cc(C(=O)NCCOCCOCCNC(=O)OCCC(C)(C)SSCOCCCCOC(=O)NCC#Cc3cn(C4C[C@H](OCSSC)[C@@H](COP(=O)(O)OP(=O)(O)OP(=O)(O)O)O4)c(=O)[nH]c3=O)ccc1C(=O)O)c1cc(C)c(NCC)cc1O2. The van der Waals surface area contributed by atoms with Gasteiger partial charge in [0.05, 0.1) is 64.5 Å². The van der Waals surface area contributed by atoms with Crippen LogP contribution in [-0.4, -0.2) is 172 Å². The number of nitrogens with zero attached hydrogens (tertiary/aromatic N) is 1. The van der Waals surface area contributed by atoms with E-state index in [9.17, 15) is 57.4 Å². The number of ether oxygens (including phenoxy) is 8. The van der Waals surface area contributed by atoms with E-state index in [4.69, 9.17) is 52.2 Å². The largest absolute Gasteiger partial charge is 0.490 e. The number of carbonyl (C=O) groups excluding carboxylic acids is 3. The molecule has 3 unspecified atom stereocenters. The predicted molar refractivity (Wildman–Crippen MR) is 360 cm³/mol. The van der Waals surface area contributed by atoms with Crippen LogP contribution in [0.1, 0.15) is 101 Å². The summed E-state index contributed by atoms with van der Waals surface area (Å²) in [5.41, 5.74) is 2.70. The number of alkyl carbamates (subject to hydrolysis) is 2. The summed E-state index contributed by atoms with van der Waals surface area (Å²) in [6.45, 7) is 15.5. The number of carbonyl (C=O) groups is 4. The first kappa shape index (κ1) is 79.3. The maximum atomic E-state index is 13.5. The molecule has 2 aliphatic rings. The molecule has 3 amide bonds. The van der Waals surface area contributed by atoms with Gasteiger partial charge in [-0.05, 0) is 118 Å². The number of nitrogens with one attached hydrogen (secondary N) is 5. The Morgan fingerprint density at radius 1 is 0.812 bits per heavy atom. The van der Waals surface area contributed by atoms with Crippen molar-refractivity contribution < 1.29 is 109 Å². The number of benzene rings is 3. The molecule has 1 fully saturated rings. The zero-order chi connectivity index (χ0) is 70.2. The van der Waals surface area contributed by atoms with Crippen LogP contribution in [0.25, 0.3) is 12.2 Å². The Labute approximate surface area is 567 Å². The van der Waals surface area contributed by atoms with Crippen molar-refractivity contribution in [3.05, 3.63) is 119 Å². The molecule has 3 aromatic carbocycles. The van der Waals surface area contributed by atoms with Crippen LogP contribution in [0.3, 0.4) is 0 Å². The van der Waals surface area contributed by atoms with Crippen molar-refractivity contribution in [2.75, 3.05) is 102 Å². The zero-order valence-corrected chi connectivity index (χ0v) is 59.1. The lowest BCUT2D eigenvalue weighted by Crippen LogP contribution is -2.34. The third kappa shape index (κ3) is 25.9. The molecular formula is C58H77N6O25P3S4. The molecule has 4 aromatic rings. The second-order valence-electron chi connectivity index (χ2n) is 21.4. The van der Waals surface area contributed by atoms with Gasteiger partial charge in [-0.3, -0.25) is 23.7 Å². The minimum absolute atomic E-state index is 0.0266. The topological polar surface area (TPSA) is 425 Å². The van der Waals surface area contributed by atoms with E-state index >= 15 is 0 Å². The highest BCUT2D eigenvalue weighted by atomic mass is 33.1. The molecule has 5 atom stereocenters. The third-order valence-electron chi connectivity index (χ3n) is 13.6. The van der Waals surface area contributed by atoms with Crippen LogP contribution in [0.15, 0.2) is 58.3 Å². The number of unbranched alkanes of at least 4 members (excludes halogenated alkanes) is 1. The van der Waals surface area contributed by atoms with Gasteiger partial charge in [-0.2, -0.15) is 8.62 Å². The number of rotatable bonds is 39. The molecule has 0 radical (unpaired) electrons. The first-order chi connectivity index (χ1) is 45.5. The van der Waals surface area contributed by atoms with Gasteiger partial charge in [0.15, 0.2) is 0 Å². The highest BCUT2D eigenvalue weighted by molar-refractivity contribution is 8.77. The van der Waals surface area contributed by atoms with Crippen LogP contribution in [0.5, 0.6) is 11.5 Å². The van der Waals surface area contributed by atoms with Gasteiger partial charge in [0.25, 0.3) is 11.5 Å². The molecule has 3 heterocycles. The van der Waals surface area contributed by atoms with Crippen LogP contribution >= 0.6 is 66.6 Å². The van der Waals surface area contributed by atoms with Crippen LogP contribution in [-0.2, 0) is 60.0 Å².